The van der Waals surface area contributed by atoms with Crippen molar-refractivity contribution in [2.45, 2.75) is 104 Å². The van der Waals surface area contributed by atoms with Gasteiger partial charge in [0.05, 0.1) is 5.71 Å². The Morgan fingerprint density at radius 2 is 1.05 bits per heavy atom. The van der Waals surface area contributed by atoms with Gasteiger partial charge in [-0.25, -0.2) is 0 Å². The van der Waals surface area contributed by atoms with E-state index in [1.807, 2.05) is 0 Å². The number of Topliss-reactive ketones (excluding diaryl/α,β-unsaturated/α-hetero) is 1. The number of carbonyl (C=O) groups is 1. The summed E-state index contributed by atoms with van der Waals surface area (Å²) in [6.07, 6.45) is 17.8. The Balaban J connectivity index is 3.06. The molecule has 2 nitrogen and oxygen atoms in total. The standard InChI is InChI=1S/C18H35NO/c1-3-4-5-6-7-8-9-10-11-12-13-14-15-16-18(20)17(2)19/h19H,3-16H2,1-2H3. The molecule has 0 saturated heterocycles. The largest absolute Gasteiger partial charge is 0.302 e. The van der Waals surface area contributed by atoms with Gasteiger partial charge in [-0.1, -0.05) is 84.0 Å². The zero-order chi connectivity index (χ0) is 15.1. The summed E-state index contributed by atoms with van der Waals surface area (Å²) in [5, 5.41) is 7.21. The van der Waals surface area contributed by atoms with E-state index in [0.29, 0.717) is 6.42 Å². The van der Waals surface area contributed by atoms with Crippen LogP contribution >= 0.6 is 0 Å². The van der Waals surface area contributed by atoms with Crippen molar-refractivity contribution in [1.29, 1.82) is 5.41 Å². The van der Waals surface area contributed by atoms with Gasteiger partial charge in [-0.3, -0.25) is 4.79 Å². The van der Waals surface area contributed by atoms with Crippen molar-refractivity contribution in [1.82, 2.24) is 0 Å². The highest BCUT2D eigenvalue weighted by molar-refractivity contribution is 6.37. The van der Waals surface area contributed by atoms with E-state index in [9.17, 15) is 4.79 Å². The maximum absolute atomic E-state index is 11.2. The highest BCUT2D eigenvalue weighted by atomic mass is 16.1. The predicted octanol–water partition coefficient (Wildman–Crippen LogP) is 6.08. The molecule has 0 atom stereocenters. The van der Waals surface area contributed by atoms with Crippen LogP contribution in [0.4, 0.5) is 0 Å². The van der Waals surface area contributed by atoms with Crippen LogP contribution in [0.15, 0.2) is 0 Å². The molecule has 0 aliphatic rings. The van der Waals surface area contributed by atoms with E-state index >= 15 is 0 Å². The molecular formula is C18H35NO. The summed E-state index contributed by atoms with van der Waals surface area (Å²) < 4.78 is 0. The van der Waals surface area contributed by atoms with Gasteiger partial charge in [0.2, 0.25) is 0 Å². The number of rotatable bonds is 15. The van der Waals surface area contributed by atoms with Crippen LogP contribution in [0.25, 0.3) is 0 Å². The van der Waals surface area contributed by atoms with Gasteiger partial charge in [0.15, 0.2) is 5.78 Å². The summed E-state index contributed by atoms with van der Waals surface area (Å²) in [5.41, 5.74) is 0.212. The Kier molecular flexibility index (Phi) is 14.3. The Morgan fingerprint density at radius 1 is 0.700 bits per heavy atom. The number of ketones is 1. The third-order valence-corrected chi connectivity index (χ3v) is 3.93. The van der Waals surface area contributed by atoms with Crippen molar-refractivity contribution < 1.29 is 4.79 Å². The zero-order valence-corrected chi connectivity index (χ0v) is 13.8. The van der Waals surface area contributed by atoms with Gasteiger partial charge < -0.3 is 5.41 Å². The average Bonchev–Trinajstić information content (AvgIpc) is 2.43. The van der Waals surface area contributed by atoms with Crippen LogP contribution in [-0.4, -0.2) is 11.5 Å². The average molecular weight is 281 g/mol. The number of unbranched alkanes of at least 4 members (excludes halogenated alkanes) is 12. The molecule has 1 N–H and O–H groups in total. The summed E-state index contributed by atoms with van der Waals surface area (Å²) in [4.78, 5) is 11.2. The smallest absolute Gasteiger partial charge is 0.176 e. The van der Waals surface area contributed by atoms with Crippen LogP contribution in [0.1, 0.15) is 104 Å². The summed E-state index contributed by atoms with van der Waals surface area (Å²) in [7, 11) is 0. The van der Waals surface area contributed by atoms with E-state index in [4.69, 9.17) is 5.41 Å². The van der Waals surface area contributed by atoms with Crippen molar-refractivity contribution in [3.05, 3.63) is 0 Å². The zero-order valence-electron chi connectivity index (χ0n) is 13.8. The van der Waals surface area contributed by atoms with E-state index in [1.165, 1.54) is 70.6 Å². The normalized spacial score (nSPS) is 10.7. The van der Waals surface area contributed by atoms with Gasteiger partial charge in [-0.15, -0.1) is 0 Å². The van der Waals surface area contributed by atoms with Crippen LogP contribution in [0.3, 0.4) is 0 Å². The summed E-state index contributed by atoms with van der Waals surface area (Å²) in [6, 6.07) is 0. The Hall–Kier alpha value is -0.660. The van der Waals surface area contributed by atoms with Crippen molar-refractivity contribution in [3.63, 3.8) is 0 Å². The molecule has 0 fully saturated rings. The number of nitrogens with one attached hydrogen (secondary N) is 1. The van der Waals surface area contributed by atoms with Crippen molar-refractivity contribution in [2.75, 3.05) is 0 Å². The van der Waals surface area contributed by atoms with Gasteiger partial charge in [-0.2, -0.15) is 0 Å². The molecule has 0 radical (unpaired) electrons. The maximum atomic E-state index is 11.2. The molecule has 0 bridgehead atoms. The fourth-order valence-electron chi connectivity index (χ4n) is 2.49. The number of hydrogen-bond acceptors (Lipinski definition) is 2. The van der Waals surface area contributed by atoms with Gasteiger partial charge in [0, 0.05) is 6.42 Å². The minimum absolute atomic E-state index is 0.0214. The quantitative estimate of drug-likeness (QED) is 0.287. The lowest BCUT2D eigenvalue weighted by molar-refractivity contribution is -0.113. The maximum Gasteiger partial charge on any atom is 0.176 e. The first-order valence-corrected chi connectivity index (χ1v) is 8.76. The first-order valence-electron chi connectivity index (χ1n) is 8.76. The van der Waals surface area contributed by atoms with Gasteiger partial charge in [0.1, 0.15) is 0 Å². The van der Waals surface area contributed by atoms with Crippen LogP contribution in [-0.2, 0) is 4.79 Å². The second-order valence-corrected chi connectivity index (χ2v) is 6.04. The molecule has 0 spiro atoms. The minimum atomic E-state index is 0.0214. The number of hydrogen-bond donors (Lipinski definition) is 1. The SMILES string of the molecule is CCCCCCCCCCCCCCCC(=O)C(C)=N. The molecule has 0 aliphatic heterocycles. The Labute approximate surface area is 126 Å². The van der Waals surface area contributed by atoms with Crippen LogP contribution in [0.5, 0.6) is 0 Å². The molecule has 0 rings (SSSR count). The summed E-state index contributed by atoms with van der Waals surface area (Å²) in [5.74, 6) is 0.0214. The van der Waals surface area contributed by atoms with E-state index in [-0.39, 0.29) is 11.5 Å². The van der Waals surface area contributed by atoms with Crippen molar-refractivity contribution >= 4 is 11.5 Å². The van der Waals surface area contributed by atoms with Crippen molar-refractivity contribution in [2.24, 2.45) is 0 Å². The van der Waals surface area contributed by atoms with Gasteiger partial charge in [-0.05, 0) is 13.3 Å². The van der Waals surface area contributed by atoms with E-state index < -0.39 is 0 Å². The highest BCUT2D eigenvalue weighted by Gasteiger charge is 2.02. The molecular weight excluding hydrogens is 246 g/mol. The third kappa shape index (κ3) is 13.8. The van der Waals surface area contributed by atoms with Crippen LogP contribution in [0, 0.1) is 5.41 Å². The van der Waals surface area contributed by atoms with E-state index in [0.717, 1.165) is 12.8 Å². The topological polar surface area (TPSA) is 40.9 Å². The first kappa shape index (κ1) is 19.3. The Bertz CT molecular complexity index is 248. The molecule has 20 heavy (non-hydrogen) atoms. The molecule has 0 aromatic carbocycles. The fourth-order valence-corrected chi connectivity index (χ4v) is 2.49. The fraction of sp³-hybridized carbons (Fsp3) is 0.889. The Morgan fingerprint density at radius 3 is 1.40 bits per heavy atom. The van der Waals surface area contributed by atoms with E-state index in [2.05, 4.69) is 6.92 Å². The second-order valence-electron chi connectivity index (χ2n) is 6.04. The monoisotopic (exact) mass is 281 g/mol. The van der Waals surface area contributed by atoms with Crippen LogP contribution < -0.4 is 0 Å². The van der Waals surface area contributed by atoms with E-state index in [1.54, 1.807) is 6.92 Å². The van der Waals surface area contributed by atoms with Crippen molar-refractivity contribution in [3.8, 4) is 0 Å². The second kappa shape index (κ2) is 14.7. The van der Waals surface area contributed by atoms with Gasteiger partial charge in [0.25, 0.3) is 0 Å². The molecule has 0 aromatic rings. The molecule has 0 aliphatic carbocycles. The lowest BCUT2D eigenvalue weighted by Gasteiger charge is -2.03. The van der Waals surface area contributed by atoms with Gasteiger partial charge >= 0.3 is 0 Å². The molecule has 0 amide bonds. The summed E-state index contributed by atoms with van der Waals surface area (Å²) in [6.45, 7) is 3.85. The third-order valence-electron chi connectivity index (χ3n) is 3.93. The predicted molar refractivity (Wildman–Crippen MR) is 88.7 cm³/mol. The minimum Gasteiger partial charge on any atom is -0.302 e. The molecule has 0 aromatic heterocycles. The molecule has 118 valence electrons. The molecule has 2 heteroatoms. The summed E-state index contributed by atoms with van der Waals surface area (Å²) >= 11 is 0. The number of carbonyl (C=O) groups excluding carboxylic acids is 1. The molecule has 0 saturated carbocycles. The highest BCUT2D eigenvalue weighted by Crippen LogP contribution is 2.12. The first-order chi connectivity index (χ1) is 9.68. The van der Waals surface area contributed by atoms with Crippen LogP contribution in [0.2, 0.25) is 0 Å². The molecule has 0 unspecified atom stereocenters. The lowest BCUT2D eigenvalue weighted by atomic mass is 10.0. The molecule has 0 heterocycles. The lowest BCUT2D eigenvalue weighted by Crippen LogP contribution is -2.07.